The number of benzene rings is 2. The van der Waals surface area contributed by atoms with Crippen LogP contribution in [-0.4, -0.2) is 32.0 Å². The van der Waals surface area contributed by atoms with Gasteiger partial charge in [-0.2, -0.15) is 0 Å². The molecule has 3 aromatic rings. The summed E-state index contributed by atoms with van der Waals surface area (Å²) in [5, 5.41) is 11.3. The molecule has 0 spiro atoms. The van der Waals surface area contributed by atoms with E-state index in [0.717, 1.165) is 11.1 Å². The van der Waals surface area contributed by atoms with Crippen LogP contribution in [0, 0.1) is 0 Å². The number of carbonyl (C=O) groups excluding carboxylic acids is 2. The SMILES string of the molecule is C[C@H](Sc1nnc(-c2ccc(Cl)cc2)n1Cc1ccccc1)C(=O)NC(N)=O. The van der Waals surface area contributed by atoms with Gasteiger partial charge in [-0.05, 0) is 36.8 Å². The van der Waals surface area contributed by atoms with Gasteiger partial charge in [0.15, 0.2) is 11.0 Å². The monoisotopic (exact) mass is 415 g/mol. The molecule has 0 bridgehead atoms. The Kier molecular flexibility index (Phi) is 6.33. The van der Waals surface area contributed by atoms with Crippen LogP contribution < -0.4 is 11.1 Å². The highest BCUT2D eigenvalue weighted by Crippen LogP contribution is 2.28. The zero-order valence-corrected chi connectivity index (χ0v) is 16.6. The Labute approximate surface area is 171 Å². The molecule has 28 heavy (non-hydrogen) atoms. The van der Waals surface area contributed by atoms with Crippen LogP contribution in [0.25, 0.3) is 11.4 Å². The molecule has 144 valence electrons. The third-order valence-corrected chi connectivity index (χ3v) is 5.23. The molecule has 3 amide bonds. The van der Waals surface area contributed by atoms with E-state index in [0.29, 0.717) is 22.5 Å². The van der Waals surface area contributed by atoms with Crippen molar-refractivity contribution in [2.75, 3.05) is 0 Å². The summed E-state index contributed by atoms with van der Waals surface area (Å²) in [6, 6.07) is 16.3. The second-order valence-electron chi connectivity index (χ2n) is 6.00. The number of nitrogens with one attached hydrogen (secondary N) is 1. The summed E-state index contributed by atoms with van der Waals surface area (Å²) in [5.41, 5.74) is 6.94. The molecule has 7 nitrogen and oxygen atoms in total. The lowest BCUT2D eigenvalue weighted by Gasteiger charge is -2.13. The van der Waals surface area contributed by atoms with Gasteiger partial charge in [0.05, 0.1) is 11.8 Å². The maximum absolute atomic E-state index is 12.0. The fraction of sp³-hybridized carbons (Fsp3) is 0.158. The minimum atomic E-state index is -0.884. The van der Waals surface area contributed by atoms with Crippen molar-refractivity contribution < 1.29 is 9.59 Å². The molecule has 0 aliphatic heterocycles. The number of primary amides is 1. The van der Waals surface area contributed by atoms with Gasteiger partial charge in [0.25, 0.3) is 0 Å². The number of thioether (sulfide) groups is 1. The number of nitrogens with zero attached hydrogens (tertiary/aromatic N) is 3. The van der Waals surface area contributed by atoms with Gasteiger partial charge < -0.3 is 5.73 Å². The molecule has 2 aromatic carbocycles. The van der Waals surface area contributed by atoms with E-state index in [9.17, 15) is 9.59 Å². The summed E-state index contributed by atoms with van der Waals surface area (Å²) in [5.74, 6) is 0.172. The average Bonchev–Trinajstić information content (AvgIpc) is 3.05. The first-order chi connectivity index (χ1) is 13.4. The first kappa shape index (κ1) is 19.9. The quantitative estimate of drug-likeness (QED) is 0.601. The molecule has 0 radical (unpaired) electrons. The Hall–Kier alpha value is -2.84. The molecule has 0 saturated carbocycles. The first-order valence-electron chi connectivity index (χ1n) is 8.44. The van der Waals surface area contributed by atoms with Crippen LogP contribution in [0.5, 0.6) is 0 Å². The van der Waals surface area contributed by atoms with Crippen molar-refractivity contribution in [1.29, 1.82) is 0 Å². The molecule has 1 aromatic heterocycles. The fourth-order valence-electron chi connectivity index (χ4n) is 2.53. The van der Waals surface area contributed by atoms with Gasteiger partial charge in [0.1, 0.15) is 0 Å². The molecule has 9 heteroatoms. The number of hydrogen-bond donors (Lipinski definition) is 2. The minimum Gasteiger partial charge on any atom is -0.351 e. The second kappa shape index (κ2) is 8.90. The van der Waals surface area contributed by atoms with E-state index in [1.54, 1.807) is 19.1 Å². The number of amides is 3. The Bertz CT molecular complexity index is 976. The molecule has 3 rings (SSSR count). The average molecular weight is 416 g/mol. The highest BCUT2D eigenvalue weighted by Gasteiger charge is 2.21. The number of carbonyl (C=O) groups is 2. The van der Waals surface area contributed by atoms with Gasteiger partial charge in [-0.15, -0.1) is 10.2 Å². The van der Waals surface area contributed by atoms with Crippen molar-refractivity contribution in [2.24, 2.45) is 5.73 Å². The highest BCUT2D eigenvalue weighted by molar-refractivity contribution is 8.00. The standard InChI is InChI=1S/C19H18ClN5O2S/c1-12(17(26)22-18(21)27)28-19-24-23-16(14-7-9-15(20)10-8-14)25(19)11-13-5-3-2-4-6-13/h2-10,12H,11H2,1H3,(H3,21,22,26,27)/t12-/m0/s1. The van der Waals surface area contributed by atoms with E-state index >= 15 is 0 Å². The van der Waals surface area contributed by atoms with Crippen LogP contribution in [0.1, 0.15) is 12.5 Å². The van der Waals surface area contributed by atoms with Gasteiger partial charge in [-0.25, -0.2) is 4.79 Å². The molecule has 0 aliphatic carbocycles. The van der Waals surface area contributed by atoms with Gasteiger partial charge in [0.2, 0.25) is 5.91 Å². The number of halogens is 1. The van der Waals surface area contributed by atoms with Crippen molar-refractivity contribution >= 4 is 35.3 Å². The number of imide groups is 1. The van der Waals surface area contributed by atoms with Gasteiger partial charge in [-0.1, -0.05) is 53.7 Å². The molecule has 1 heterocycles. The van der Waals surface area contributed by atoms with Crippen molar-refractivity contribution in [3.8, 4) is 11.4 Å². The summed E-state index contributed by atoms with van der Waals surface area (Å²) in [4.78, 5) is 23.0. The second-order valence-corrected chi connectivity index (χ2v) is 7.74. The van der Waals surface area contributed by atoms with Crippen LogP contribution in [0.15, 0.2) is 59.8 Å². The lowest BCUT2D eigenvalue weighted by Crippen LogP contribution is -2.39. The Morgan fingerprint density at radius 3 is 2.46 bits per heavy atom. The summed E-state index contributed by atoms with van der Waals surface area (Å²) < 4.78 is 1.93. The number of urea groups is 1. The van der Waals surface area contributed by atoms with E-state index in [2.05, 4.69) is 15.5 Å². The number of rotatable bonds is 6. The van der Waals surface area contributed by atoms with Gasteiger partial charge in [-0.3, -0.25) is 14.7 Å². The summed E-state index contributed by atoms with van der Waals surface area (Å²) in [6.45, 7) is 2.20. The lowest BCUT2D eigenvalue weighted by atomic mass is 10.2. The highest BCUT2D eigenvalue weighted by atomic mass is 35.5. The molecule has 0 saturated heterocycles. The van der Waals surface area contributed by atoms with Gasteiger partial charge >= 0.3 is 6.03 Å². The van der Waals surface area contributed by atoms with E-state index in [-0.39, 0.29) is 0 Å². The smallest absolute Gasteiger partial charge is 0.318 e. The lowest BCUT2D eigenvalue weighted by molar-refractivity contribution is -0.119. The van der Waals surface area contributed by atoms with Gasteiger partial charge in [0, 0.05) is 10.6 Å². The van der Waals surface area contributed by atoms with E-state index in [1.807, 2.05) is 47.0 Å². The zero-order valence-electron chi connectivity index (χ0n) is 15.0. The summed E-state index contributed by atoms with van der Waals surface area (Å²) in [6.07, 6.45) is 0. The molecule has 0 unspecified atom stereocenters. The first-order valence-corrected chi connectivity index (χ1v) is 9.70. The largest absolute Gasteiger partial charge is 0.351 e. The Balaban J connectivity index is 1.94. The van der Waals surface area contributed by atoms with Crippen molar-refractivity contribution in [2.45, 2.75) is 23.9 Å². The molecule has 3 N–H and O–H groups in total. The summed E-state index contributed by atoms with van der Waals surface area (Å²) >= 11 is 7.19. The van der Waals surface area contributed by atoms with Crippen molar-refractivity contribution in [3.05, 3.63) is 65.2 Å². The normalized spacial score (nSPS) is 11.8. The molecule has 0 aliphatic rings. The molecule has 1 atom stereocenters. The van der Waals surface area contributed by atoms with Crippen molar-refractivity contribution in [1.82, 2.24) is 20.1 Å². The number of hydrogen-bond acceptors (Lipinski definition) is 5. The number of aromatic nitrogens is 3. The molecular weight excluding hydrogens is 398 g/mol. The predicted molar refractivity (Wildman–Crippen MR) is 109 cm³/mol. The molecular formula is C19H18ClN5O2S. The van der Waals surface area contributed by atoms with Crippen LogP contribution in [0.3, 0.4) is 0 Å². The Morgan fingerprint density at radius 2 is 1.82 bits per heavy atom. The third kappa shape index (κ3) is 4.90. The summed E-state index contributed by atoms with van der Waals surface area (Å²) in [7, 11) is 0. The van der Waals surface area contributed by atoms with E-state index < -0.39 is 17.2 Å². The Morgan fingerprint density at radius 1 is 1.14 bits per heavy atom. The topological polar surface area (TPSA) is 103 Å². The third-order valence-electron chi connectivity index (χ3n) is 3.90. The fourth-order valence-corrected chi connectivity index (χ4v) is 3.51. The van der Waals surface area contributed by atoms with E-state index in [1.165, 1.54) is 11.8 Å². The maximum Gasteiger partial charge on any atom is 0.318 e. The van der Waals surface area contributed by atoms with E-state index in [4.69, 9.17) is 17.3 Å². The maximum atomic E-state index is 12.0. The van der Waals surface area contributed by atoms with Crippen molar-refractivity contribution in [3.63, 3.8) is 0 Å². The number of nitrogens with two attached hydrogens (primary N) is 1. The zero-order chi connectivity index (χ0) is 20.1. The predicted octanol–water partition coefficient (Wildman–Crippen LogP) is 3.32. The minimum absolute atomic E-state index is 0.486. The van der Waals surface area contributed by atoms with Crippen LogP contribution >= 0.6 is 23.4 Å². The molecule has 0 fully saturated rings. The van der Waals surface area contributed by atoms with Crippen LogP contribution in [-0.2, 0) is 11.3 Å². The van der Waals surface area contributed by atoms with Crippen LogP contribution in [0.4, 0.5) is 4.79 Å². The van der Waals surface area contributed by atoms with Crippen LogP contribution in [0.2, 0.25) is 5.02 Å².